The van der Waals surface area contributed by atoms with E-state index in [1.807, 2.05) is 12.1 Å². The Morgan fingerprint density at radius 1 is 1.50 bits per heavy atom. The number of anilines is 2. The molecule has 3 N–H and O–H groups in total. The van der Waals surface area contributed by atoms with Crippen molar-refractivity contribution in [3.8, 4) is 12.3 Å². The number of nitrogens with one attached hydrogen (secondary N) is 1. The van der Waals surface area contributed by atoms with Crippen molar-refractivity contribution in [2.24, 2.45) is 11.7 Å². The molecule has 0 radical (unpaired) electrons. The molecular weight excluding hydrogens is 318 g/mol. The first kappa shape index (κ1) is 13.5. The van der Waals surface area contributed by atoms with Crippen molar-refractivity contribution in [2.75, 3.05) is 23.3 Å². The summed E-state index contributed by atoms with van der Waals surface area (Å²) in [5, 5.41) is 2.82. The van der Waals surface area contributed by atoms with Crippen LogP contribution in [-0.4, -0.2) is 19.0 Å². The zero-order chi connectivity index (χ0) is 14.3. The van der Waals surface area contributed by atoms with Crippen LogP contribution in [0.1, 0.15) is 24.4 Å². The van der Waals surface area contributed by atoms with Crippen molar-refractivity contribution in [3.05, 3.63) is 22.2 Å². The number of nitrogens with two attached hydrogens (primary N) is 1. The predicted molar refractivity (Wildman–Crippen MR) is 83.5 cm³/mol. The lowest BCUT2D eigenvalue weighted by molar-refractivity contribution is -0.116. The molecule has 0 saturated heterocycles. The number of hydrogen-bond acceptors (Lipinski definition) is 3. The summed E-state index contributed by atoms with van der Waals surface area (Å²) in [7, 11) is 0. The number of terminal acetylenes is 1. The normalized spacial score (nSPS) is 20.2. The summed E-state index contributed by atoms with van der Waals surface area (Å²) < 4.78 is 0.930. The first-order valence-electron chi connectivity index (χ1n) is 6.68. The summed E-state index contributed by atoms with van der Waals surface area (Å²) in [5.74, 6) is 3.28. The average Bonchev–Trinajstić information content (AvgIpc) is 3.18. The Labute approximate surface area is 126 Å². The lowest BCUT2D eigenvalue weighted by Gasteiger charge is -2.24. The van der Waals surface area contributed by atoms with E-state index < -0.39 is 6.04 Å². The summed E-state index contributed by atoms with van der Waals surface area (Å²) >= 11 is 3.57. The Morgan fingerprint density at radius 2 is 2.25 bits per heavy atom. The van der Waals surface area contributed by atoms with E-state index in [4.69, 9.17) is 12.2 Å². The molecule has 0 bridgehead atoms. The van der Waals surface area contributed by atoms with Crippen molar-refractivity contribution in [1.82, 2.24) is 0 Å². The van der Waals surface area contributed by atoms with Crippen LogP contribution in [0.4, 0.5) is 11.4 Å². The molecule has 1 unspecified atom stereocenters. The molecule has 20 heavy (non-hydrogen) atoms. The van der Waals surface area contributed by atoms with Crippen molar-refractivity contribution in [2.45, 2.75) is 18.9 Å². The monoisotopic (exact) mass is 333 g/mol. The second-order valence-electron chi connectivity index (χ2n) is 5.39. The van der Waals surface area contributed by atoms with Gasteiger partial charge >= 0.3 is 0 Å². The molecule has 0 aromatic heterocycles. The fourth-order valence-electron chi connectivity index (χ4n) is 2.51. The highest BCUT2D eigenvalue weighted by Crippen LogP contribution is 2.39. The Kier molecular flexibility index (Phi) is 3.45. The van der Waals surface area contributed by atoms with Gasteiger partial charge in [0.2, 0.25) is 5.91 Å². The number of carbonyl (C=O) groups is 1. The third-order valence-corrected chi connectivity index (χ3v) is 4.43. The number of amides is 1. The van der Waals surface area contributed by atoms with Crippen LogP contribution in [0.25, 0.3) is 0 Å². The van der Waals surface area contributed by atoms with E-state index in [-0.39, 0.29) is 5.91 Å². The number of hydrogen-bond donors (Lipinski definition) is 2. The van der Waals surface area contributed by atoms with E-state index in [1.165, 1.54) is 12.8 Å². The lowest BCUT2D eigenvalue weighted by atomic mass is 10.1. The minimum atomic E-state index is -0.583. The van der Waals surface area contributed by atoms with Crippen molar-refractivity contribution in [3.63, 3.8) is 0 Å². The predicted octanol–water partition coefficient (Wildman–Crippen LogP) is 2.25. The minimum absolute atomic E-state index is 0.158. The summed E-state index contributed by atoms with van der Waals surface area (Å²) in [5.41, 5.74) is 8.49. The molecule has 1 aromatic rings. The fraction of sp³-hybridized carbons (Fsp3) is 0.400. The summed E-state index contributed by atoms with van der Waals surface area (Å²) in [6.07, 6.45) is 8.01. The van der Waals surface area contributed by atoms with Crippen LogP contribution in [0.5, 0.6) is 0 Å². The van der Waals surface area contributed by atoms with Gasteiger partial charge in [0, 0.05) is 22.3 Å². The van der Waals surface area contributed by atoms with Crippen LogP contribution in [-0.2, 0) is 4.79 Å². The van der Waals surface area contributed by atoms with Gasteiger partial charge in [-0.05, 0) is 46.8 Å². The van der Waals surface area contributed by atoms with E-state index in [0.29, 0.717) is 6.54 Å². The van der Waals surface area contributed by atoms with E-state index in [9.17, 15) is 4.79 Å². The van der Waals surface area contributed by atoms with Gasteiger partial charge in [0.15, 0.2) is 0 Å². The number of fused-ring (bicyclic) bond motifs is 1. The van der Waals surface area contributed by atoms with Gasteiger partial charge < -0.3 is 16.0 Å². The molecule has 1 aliphatic carbocycles. The number of benzene rings is 1. The Bertz CT molecular complexity index is 604. The molecule has 1 aliphatic heterocycles. The molecule has 3 rings (SSSR count). The zero-order valence-corrected chi connectivity index (χ0v) is 12.6. The molecule has 1 amide bonds. The third kappa shape index (κ3) is 2.41. The molecular formula is C15H16BrN3O. The maximum Gasteiger partial charge on any atom is 0.245 e. The Hall–Kier alpha value is -1.51. The van der Waals surface area contributed by atoms with E-state index >= 15 is 0 Å². The van der Waals surface area contributed by atoms with Crippen LogP contribution in [0, 0.1) is 18.3 Å². The zero-order valence-electron chi connectivity index (χ0n) is 11.0. The number of carbonyl (C=O) groups excluding carboxylic acids is 1. The van der Waals surface area contributed by atoms with Crippen LogP contribution in [0.2, 0.25) is 0 Å². The van der Waals surface area contributed by atoms with Crippen molar-refractivity contribution in [1.29, 1.82) is 0 Å². The second kappa shape index (κ2) is 5.12. The summed E-state index contributed by atoms with van der Waals surface area (Å²) in [4.78, 5) is 13.8. The quantitative estimate of drug-likeness (QED) is 0.831. The molecule has 4 nitrogen and oxygen atoms in total. The maximum atomic E-state index is 11.6. The largest absolute Gasteiger partial charge is 0.359 e. The van der Waals surface area contributed by atoms with Gasteiger partial charge in [0.25, 0.3) is 0 Å². The van der Waals surface area contributed by atoms with Gasteiger partial charge in [-0.2, -0.15) is 0 Å². The first-order chi connectivity index (χ1) is 9.60. The molecule has 1 aromatic carbocycles. The van der Waals surface area contributed by atoms with Crippen LogP contribution in [0.15, 0.2) is 16.6 Å². The topological polar surface area (TPSA) is 58.4 Å². The minimum Gasteiger partial charge on any atom is -0.359 e. The smallest absolute Gasteiger partial charge is 0.245 e. The molecule has 2 aliphatic rings. The number of rotatable bonds is 4. The standard InChI is InChI=1S/C15H16BrN3O/c1-2-5-19(8-9-3-4-9)13-7-12-10(6-11(13)16)14(17)15(20)18-12/h1,6-7,9,14H,3-5,8,17H2,(H,18,20). The van der Waals surface area contributed by atoms with Gasteiger partial charge in [-0.3, -0.25) is 4.79 Å². The SMILES string of the molecule is C#CCN(CC1CC1)c1cc2c(cc1Br)C(N)C(=O)N2. The number of halogens is 1. The van der Waals surface area contributed by atoms with Crippen LogP contribution in [0.3, 0.4) is 0 Å². The number of nitrogens with zero attached hydrogens (tertiary/aromatic N) is 1. The van der Waals surface area contributed by atoms with Gasteiger partial charge in [0.1, 0.15) is 6.04 Å². The summed E-state index contributed by atoms with van der Waals surface area (Å²) in [6, 6.07) is 3.30. The molecule has 1 atom stereocenters. The fourth-order valence-corrected chi connectivity index (χ4v) is 3.12. The highest BCUT2D eigenvalue weighted by atomic mass is 79.9. The van der Waals surface area contributed by atoms with Gasteiger partial charge in [0.05, 0.1) is 12.2 Å². The Morgan fingerprint density at radius 3 is 2.90 bits per heavy atom. The molecule has 5 heteroatoms. The van der Waals surface area contributed by atoms with Gasteiger partial charge in [-0.1, -0.05) is 5.92 Å². The Balaban J connectivity index is 1.94. The van der Waals surface area contributed by atoms with E-state index in [0.717, 1.165) is 33.9 Å². The molecule has 104 valence electrons. The third-order valence-electron chi connectivity index (χ3n) is 3.79. The molecule has 1 fully saturated rings. The molecule has 1 saturated carbocycles. The van der Waals surface area contributed by atoms with E-state index in [2.05, 4.69) is 32.1 Å². The van der Waals surface area contributed by atoms with Gasteiger partial charge in [-0.15, -0.1) is 6.42 Å². The van der Waals surface area contributed by atoms with Gasteiger partial charge in [-0.25, -0.2) is 0 Å². The highest BCUT2D eigenvalue weighted by Gasteiger charge is 2.30. The maximum absolute atomic E-state index is 11.6. The average molecular weight is 334 g/mol. The molecule has 1 heterocycles. The van der Waals surface area contributed by atoms with Crippen LogP contribution >= 0.6 is 15.9 Å². The van der Waals surface area contributed by atoms with E-state index in [1.54, 1.807) is 0 Å². The van der Waals surface area contributed by atoms with Crippen molar-refractivity contribution < 1.29 is 4.79 Å². The second-order valence-corrected chi connectivity index (χ2v) is 6.24. The first-order valence-corrected chi connectivity index (χ1v) is 7.47. The van der Waals surface area contributed by atoms with Crippen LogP contribution < -0.4 is 16.0 Å². The van der Waals surface area contributed by atoms with Crippen molar-refractivity contribution >= 4 is 33.2 Å². The summed E-state index contributed by atoms with van der Waals surface area (Å²) in [6.45, 7) is 1.52. The molecule has 0 spiro atoms. The highest BCUT2D eigenvalue weighted by molar-refractivity contribution is 9.10. The lowest BCUT2D eigenvalue weighted by Crippen LogP contribution is -2.26.